The van der Waals surface area contributed by atoms with Gasteiger partial charge in [0.05, 0.1) is 22.1 Å². The van der Waals surface area contributed by atoms with Gasteiger partial charge in [-0.2, -0.15) is 0 Å². The Balaban J connectivity index is 1.05. The summed E-state index contributed by atoms with van der Waals surface area (Å²) in [5.74, 6) is 0. The number of benzene rings is 9. The van der Waals surface area contributed by atoms with Crippen molar-refractivity contribution in [1.29, 1.82) is 0 Å². The average Bonchev–Trinajstić information content (AvgIpc) is 3.94. The average molecular weight is 727 g/mol. The van der Waals surface area contributed by atoms with Gasteiger partial charge in [0.15, 0.2) is 0 Å². The summed E-state index contributed by atoms with van der Waals surface area (Å²) in [7, 11) is 0. The molecule has 3 heterocycles. The molecule has 0 fully saturated rings. The standard InChI is InChI=1S/C54H34N2O/c1-3-12-35(13-4-1)36-22-26-40(27-23-36)55-48-19-9-7-16-43(48)45-32-38(24-29-49(45)55)39-25-30-50-47(33-39)54-42(37-14-5-2-6-15-37)18-11-20-51(54)56(50)41-28-31-53-46(34-41)44-17-8-10-21-52(44)57-53/h1-34H. The second kappa shape index (κ2) is 12.5. The third kappa shape index (κ3) is 4.92. The minimum Gasteiger partial charge on any atom is -0.456 e. The van der Waals surface area contributed by atoms with Crippen molar-refractivity contribution in [2.75, 3.05) is 0 Å². The molecule has 9 aromatic carbocycles. The minimum atomic E-state index is 0.897. The van der Waals surface area contributed by atoms with Gasteiger partial charge in [-0.05, 0) is 106 Å². The first kappa shape index (κ1) is 31.7. The topological polar surface area (TPSA) is 23.0 Å². The third-order valence-electron chi connectivity index (χ3n) is 11.7. The van der Waals surface area contributed by atoms with Gasteiger partial charge < -0.3 is 13.6 Å². The Morgan fingerprint density at radius 2 is 0.825 bits per heavy atom. The van der Waals surface area contributed by atoms with Crippen molar-refractivity contribution < 1.29 is 4.42 Å². The van der Waals surface area contributed by atoms with Gasteiger partial charge in [0.1, 0.15) is 11.2 Å². The van der Waals surface area contributed by atoms with Crippen molar-refractivity contribution >= 4 is 65.6 Å². The van der Waals surface area contributed by atoms with Gasteiger partial charge in [0.2, 0.25) is 0 Å². The molecule has 0 radical (unpaired) electrons. The van der Waals surface area contributed by atoms with E-state index in [2.05, 4.69) is 203 Å². The molecule has 3 heteroatoms. The Morgan fingerprint density at radius 1 is 0.281 bits per heavy atom. The maximum atomic E-state index is 6.24. The maximum absolute atomic E-state index is 6.24. The Kier molecular flexibility index (Phi) is 6.93. The molecule has 0 amide bonds. The molecule has 0 aliphatic heterocycles. The number of fused-ring (bicyclic) bond motifs is 9. The van der Waals surface area contributed by atoms with Crippen molar-refractivity contribution in [3.8, 4) is 44.8 Å². The van der Waals surface area contributed by atoms with Gasteiger partial charge in [0.25, 0.3) is 0 Å². The molecule has 12 rings (SSSR count). The van der Waals surface area contributed by atoms with Crippen LogP contribution in [0.15, 0.2) is 211 Å². The molecule has 57 heavy (non-hydrogen) atoms. The number of para-hydroxylation sites is 2. The highest BCUT2D eigenvalue weighted by Crippen LogP contribution is 2.42. The zero-order chi connectivity index (χ0) is 37.5. The van der Waals surface area contributed by atoms with Gasteiger partial charge in [-0.1, -0.05) is 133 Å². The van der Waals surface area contributed by atoms with Gasteiger partial charge in [-0.3, -0.25) is 0 Å². The summed E-state index contributed by atoms with van der Waals surface area (Å²) in [5, 5.41) is 7.20. The van der Waals surface area contributed by atoms with Crippen molar-refractivity contribution in [3.05, 3.63) is 206 Å². The van der Waals surface area contributed by atoms with E-state index in [1.165, 1.54) is 77.0 Å². The van der Waals surface area contributed by atoms with Crippen molar-refractivity contribution in [2.45, 2.75) is 0 Å². The fourth-order valence-electron chi connectivity index (χ4n) is 9.10. The molecule has 0 saturated carbocycles. The third-order valence-corrected chi connectivity index (χ3v) is 11.7. The predicted octanol–water partition coefficient (Wildman–Crippen LogP) is 14.8. The highest BCUT2D eigenvalue weighted by molar-refractivity contribution is 6.17. The summed E-state index contributed by atoms with van der Waals surface area (Å²) in [6.45, 7) is 0. The first-order valence-corrected chi connectivity index (χ1v) is 19.5. The lowest BCUT2D eigenvalue weighted by molar-refractivity contribution is 0.669. The molecule has 0 bridgehead atoms. The number of hydrogen-bond acceptors (Lipinski definition) is 1. The lowest BCUT2D eigenvalue weighted by Crippen LogP contribution is -1.94. The van der Waals surface area contributed by atoms with E-state index < -0.39 is 0 Å². The van der Waals surface area contributed by atoms with Crippen LogP contribution in [0.4, 0.5) is 0 Å². The summed E-state index contributed by atoms with van der Waals surface area (Å²) in [5.41, 5.74) is 16.0. The maximum Gasteiger partial charge on any atom is 0.135 e. The van der Waals surface area contributed by atoms with Crippen LogP contribution in [0.25, 0.3) is 110 Å². The monoisotopic (exact) mass is 726 g/mol. The van der Waals surface area contributed by atoms with Crippen LogP contribution < -0.4 is 0 Å². The van der Waals surface area contributed by atoms with E-state index in [4.69, 9.17) is 4.42 Å². The van der Waals surface area contributed by atoms with Crippen LogP contribution in [0.5, 0.6) is 0 Å². The second-order valence-electron chi connectivity index (χ2n) is 14.9. The number of nitrogens with zero attached hydrogens (tertiary/aromatic N) is 2. The summed E-state index contributed by atoms with van der Waals surface area (Å²) in [6.07, 6.45) is 0. The van der Waals surface area contributed by atoms with E-state index in [0.717, 1.165) is 33.3 Å². The van der Waals surface area contributed by atoms with E-state index in [9.17, 15) is 0 Å². The summed E-state index contributed by atoms with van der Waals surface area (Å²) >= 11 is 0. The molecular weight excluding hydrogens is 693 g/mol. The molecule has 0 aliphatic carbocycles. The highest BCUT2D eigenvalue weighted by atomic mass is 16.3. The summed E-state index contributed by atoms with van der Waals surface area (Å²) in [4.78, 5) is 0. The summed E-state index contributed by atoms with van der Waals surface area (Å²) in [6, 6.07) is 74.6. The van der Waals surface area contributed by atoms with E-state index in [1.807, 2.05) is 12.1 Å². The predicted molar refractivity (Wildman–Crippen MR) is 239 cm³/mol. The second-order valence-corrected chi connectivity index (χ2v) is 14.9. The van der Waals surface area contributed by atoms with Gasteiger partial charge in [0, 0.05) is 43.7 Å². The van der Waals surface area contributed by atoms with E-state index in [1.54, 1.807) is 0 Å². The van der Waals surface area contributed by atoms with E-state index in [0.29, 0.717) is 0 Å². The van der Waals surface area contributed by atoms with Gasteiger partial charge in [-0.15, -0.1) is 0 Å². The fraction of sp³-hybridized carbons (Fsp3) is 0. The molecule has 3 nitrogen and oxygen atoms in total. The Labute approximate surface area is 328 Å². The van der Waals surface area contributed by atoms with Gasteiger partial charge >= 0.3 is 0 Å². The Bertz CT molecular complexity index is 3490. The van der Waals surface area contributed by atoms with Crippen LogP contribution in [0.1, 0.15) is 0 Å². The van der Waals surface area contributed by atoms with Crippen molar-refractivity contribution in [3.63, 3.8) is 0 Å². The molecule has 0 unspecified atom stereocenters. The van der Waals surface area contributed by atoms with Crippen LogP contribution in [0, 0.1) is 0 Å². The van der Waals surface area contributed by atoms with Gasteiger partial charge in [-0.25, -0.2) is 0 Å². The first-order chi connectivity index (χ1) is 28.3. The van der Waals surface area contributed by atoms with Crippen LogP contribution in [-0.2, 0) is 0 Å². The van der Waals surface area contributed by atoms with Crippen LogP contribution in [0.3, 0.4) is 0 Å². The smallest absolute Gasteiger partial charge is 0.135 e. The number of rotatable bonds is 5. The Hall–Kier alpha value is -7.62. The quantitative estimate of drug-likeness (QED) is 0.173. The summed E-state index contributed by atoms with van der Waals surface area (Å²) < 4.78 is 11.0. The van der Waals surface area contributed by atoms with Crippen molar-refractivity contribution in [2.24, 2.45) is 0 Å². The molecule has 0 saturated heterocycles. The van der Waals surface area contributed by atoms with Crippen LogP contribution >= 0.6 is 0 Å². The molecular formula is C54H34N2O. The highest BCUT2D eigenvalue weighted by Gasteiger charge is 2.19. The fourth-order valence-corrected chi connectivity index (χ4v) is 9.10. The minimum absolute atomic E-state index is 0.897. The Morgan fingerprint density at radius 3 is 1.61 bits per heavy atom. The molecule has 3 aromatic heterocycles. The zero-order valence-electron chi connectivity index (χ0n) is 30.9. The molecule has 0 aliphatic rings. The number of aromatic nitrogens is 2. The zero-order valence-corrected chi connectivity index (χ0v) is 30.9. The molecule has 0 N–H and O–H groups in total. The normalized spacial score (nSPS) is 11.9. The van der Waals surface area contributed by atoms with Crippen LogP contribution in [0.2, 0.25) is 0 Å². The largest absolute Gasteiger partial charge is 0.456 e. The molecule has 12 aromatic rings. The lowest BCUT2D eigenvalue weighted by Gasteiger charge is -2.10. The van der Waals surface area contributed by atoms with E-state index in [-0.39, 0.29) is 0 Å². The number of hydrogen-bond donors (Lipinski definition) is 0. The molecule has 0 atom stereocenters. The van der Waals surface area contributed by atoms with Crippen LogP contribution in [-0.4, -0.2) is 9.13 Å². The van der Waals surface area contributed by atoms with Crippen molar-refractivity contribution in [1.82, 2.24) is 9.13 Å². The number of furan rings is 1. The molecule has 266 valence electrons. The SMILES string of the molecule is c1ccc(-c2ccc(-n3c4ccccc4c4cc(-c5ccc6c(c5)c5c(-c7ccccc7)cccc5n6-c5ccc6oc7ccccc7c6c5)ccc43)cc2)cc1. The lowest BCUT2D eigenvalue weighted by atomic mass is 9.97. The van der Waals surface area contributed by atoms with E-state index >= 15 is 0 Å². The first-order valence-electron chi connectivity index (χ1n) is 19.5. The molecule has 0 spiro atoms.